The Labute approximate surface area is 131 Å². The molecule has 2 rings (SSSR count). The zero-order valence-corrected chi connectivity index (χ0v) is 14.2. The molecule has 0 bridgehead atoms. The van der Waals surface area contributed by atoms with Crippen molar-refractivity contribution >= 4 is 19.7 Å². The van der Waals surface area contributed by atoms with Gasteiger partial charge in [0.1, 0.15) is 4.90 Å². The molecule has 0 spiro atoms. The molecule has 5 nitrogen and oxygen atoms in total. The Bertz CT molecular complexity index is 577. The summed E-state index contributed by atoms with van der Waals surface area (Å²) in [6, 6.07) is 0. The zero-order chi connectivity index (χ0) is 15.5. The van der Waals surface area contributed by atoms with E-state index in [1.54, 1.807) is 0 Å². The molecule has 1 atom stereocenters. The highest BCUT2D eigenvalue weighted by atomic mass is 35.7. The predicted molar refractivity (Wildman–Crippen MR) is 82.2 cm³/mol. The summed E-state index contributed by atoms with van der Waals surface area (Å²) >= 11 is 0. The van der Waals surface area contributed by atoms with Crippen molar-refractivity contribution in [1.82, 2.24) is 9.78 Å². The Balaban J connectivity index is 2.13. The average molecular weight is 335 g/mol. The monoisotopic (exact) mass is 334 g/mol. The van der Waals surface area contributed by atoms with Crippen LogP contribution in [0.15, 0.2) is 4.90 Å². The van der Waals surface area contributed by atoms with E-state index < -0.39 is 9.05 Å². The summed E-state index contributed by atoms with van der Waals surface area (Å²) in [7, 11) is 1.83. The summed E-state index contributed by atoms with van der Waals surface area (Å²) in [6.07, 6.45) is 5.72. The van der Waals surface area contributed by atoms with Crippen LogP contribution >= 0.6 is 10.7 Å². The fraction of sp³-hybridized carbons (Fsp3) is 0.786. The van der Waals surface area contributed by atoms with Crippen LogP contribution in [0, 0.1) is 0 Å². The minimum Gasteiger partial charge on any atom is -0.378 e. The summed E-state index contributed by atoms with van der Waals surface area (Å²) in [5.41, 5.74) is 1.29. The van der Waals surface area contributed by atoms with Crippen molar-refractivity contribution in [2.75, 3.05) is 6.61 Å². The smallest absolute Gasteiger partial charge is 0.264 e. The Morgan fingerprint density at radius 3 is 2.67 bits per heavy atom. The first-order valence-electron chi connectivity index (χ1n) is 7.62. The standard InChI is InChI=1S/C14H23ClN2O3S/c1-3-12-14(21(15,18)19)13(4-2)17(16-12)9-5-7-11-8-6-10-20-11/h11H,3-10H2,1-2H3. The summed E-state index contributed by atoms with van der Waals surface area (Å²) in [4.78, 5) is 0.214. The van der Waals surface area contributed by atoms with Gasteiger partial charge in [-0.2, -0.15) is 5.10 Å². The Morgan fingerprint density at radius 1 is 1.38 bits per heavy atom. The van der Waals surface area contributed by atoms with Crippen LogP contribution in [0.4, 0.5) is 0 Å². The summed E-state index contributed by atoms with van der Waals surface area (Å²) in [5, 5.41) is 4.44. The molecule has 1 aliphatic heterocycles. The second kappa shape index (κ2) is 7.11. The molecule has 1 aromatic rings. The lowest BCUT2D eigenvalue weighted by Gasteiger charge is -2.10. The molecule has 2 heterocycles. The Kier molecular flexibility index (Phi) is 5.68. The van der Waals surface area contributed by atoms with Crippen LogP contribution in [0.1, 0.15) is 50.9 Å². The summed E-state index contributed by atoms with van der Waals surface area (Å²) in [5.74, 6) is 0. The van der Waals surface area contributed by atoms with E-state index in [-0.39, 0.29) is 4.90 Å². The van der Waals surface area contributed by atoms with Gasteiger partial charge in [-0.15, -0.1) is 0 Å². The van der Waals surface area contributed by atoms with Crippen LogP contribution in [0.5, 0.6) is 0 Å². The van der Waals surface area contributed by atoms with Crippen molar-refractivity contribution < 1.29 is 13.2 Å². The van der Waals surface area contributed by atoms with E-state index in [0.29, 0.717) is 36.9 Å². The van der Waals surface area contributed by atoms with E-state index in [1.807, 2.05) is 18.5 Å². The summed E-state index contributed by atoms with van der Waals surface area (Å²) in [6.45, 7) is 5.40. The number of aromatic nitrogens is 2. The van der Waals surface area contributed by atoms with Gasteiger partial charge in [-0.25, -0.2) is 8.42 Å². The first kappa shape index (κ1) is 16.8. The molecule has 7 heteroatoms. The van der Waals surface area contributed by atoms with Gasteiger partial charge in [0.25, 0.3) is 9.05 Å². The Morgan fingerprint density at radius 2 is 2.14 bits per heavy atom. The molecule has 21 heavy (non-hydrogen) atoms. The molecular weight excluding hydrogens is 312 g/mol. The molecule has 0 aliphatic carbocycles. The van der Waals surface area contributed by atoms with E-state index >= 15 is 0 Å². The fourth-order valence-corrected chi connectivity index (χ4v) is 4.45. The lowest BCUT2D eigenvalue weighted by Crippen LogP contribution is -2.10. The molecule has 1 aliphatic rings. The lowest BCUT2D eigenvalue weighted by molar-refractivity contribution is 0.101. The maximum atomic E-state index is 11.8. The molecule has 0 N–H and O–H groups in total. The van der Waals surface area contributed by atoms with E-state index in [4.69, 9.17) is 15.4 Å². The van der Waals surface area contributed by atoms with Crippen molar-refractivity contribution in [3.8, 4) is 0 Å². The fourth-order valence-electron chi connectivity index (χ4n) is 2.92. The molecule has 0 amide bonds. The molecule has 0 saturated carbocycles. The van der Waals surface area contributed by atoms with Crippen LogP contribution in [0.2, 0.25) is 0 Å². The first-order valence-corrected chi connectivity index (χ1v) is 9.93. The van der Waals surface area contributed by atoms with E-state index in [1.165, 1.54) is 0 Å². The van der Waals surface area contributed by atoms with Gasteiger partial charge in [0, 0.05) is 23.8 Å². The molecule has 1 fully saturated rings. The largest absolute Gasteiger partial charge is 0.378 e. The third-order valence-electron chi connectivity index (χ3n) is 3.91. The second-order valence-electron chi connectivity index (χ2n) is 5.37. The molecule has 1 saturated heterocycles. The maximum absolute atomic E-state index is 11.8. The van der Waals surface area contributed by atoms with Crippen molar-refractivity contribution in [2.24, 2.45) is 0 Å². The molecule has 0 radical (unpaired) electrons. The van der Waals surface area contributed by atoms with Crippen LogP contribution in [0.3, 0.4) is 0 Å². The van der Waals surface area contributed by atoms with Crippen LogP contribution in [-0.4, -0.2) is 30.9 Å². The maximum Gasteiger partial charge on any atom is 0.264 e. The SMILES string of the molecule is CCc1nn(CCCC2CCCO2)c(CC)c1S(=O)(=O)Cl. The van der Waals surface area contributed by atoms with E-state index in [9.17, 15) is 8.42 Å². The van der Waals surface area contributed by atoms with Gasteiger partial charge in [-0.3, -0.25) is 4.68 Å². The molecule has 120 valence electrons. The zero-order valence-electron chi connectivity index (χ0n) is 12.6. The van der Waals surface area contributed by atoms with Gasteiger partial charge in [-0.1, -0.05) is 13.8 Å². The number of ether oxygens (including phenoxy) is 1. The van der Waals surface area contributed by atoms with Crippen molar-refractivity contribution in [1.29, 1.82) is 0 Å². The van der Waals surface area contributed by atoms with Gasteiger partial charge in [0.2, 0.25) is 0 Å². The van der Waals surface area contributed by atoms with Gasteiger partial charge in [0.05, 0.1) is 17.5 Å². The predicted octanol–water partition coefficient (Wildman–Crippen LogP) is 2.89. The normalized spacial score (nSPS) is 19.3. The van der Waals surface area contributed by atoms with Gasteiger partial charge in [-0.05, 0) is 38.5 Å². The number of halogens is 1. The average Bonchev–Trinajstić information content (AvgIpc) is 3.04. The second-order valence-corrected chi connectivity index (χ2v) is 7.87. The highest BCUT2D eigenvalue weighted by Crippen LogP contribution is 2.26. The van der Waals surface area contributed by atoms with Gasteiger partial charge >= 0.3 is 0 Å². The van der Waals surface area contributed by atoms with Crippen molar-refractivity contribution in [3.63, 3.8) is 0 Å². The van der Waals surface area contributed by atoms with Crippen LogP contribution in [0.25, 0.3) is 0 Å². The summed E-state index contributed by atoms with van der Waals surface area (Å²) < 4.78 is 31.0. The molecule has 1 unspecified atom stereocenters. The van der Waals surface area contributed by atoms with Crippen molar-refractivity contribution in [2.45, 2.75) is 69.9 Å². The topological polar surface area (TPSA) is 61.2 Å². The third-order valence-corrected chi connectivity index (χ3v) is 5.33. The first-order chi connectivity index (χ1) is 9.97. The quantitative estimate of drug-likeness (QED) is 0.719. The van der Waals surface area contributed by atoms with E-state index in [2.05, 4.69) is 5.10 Å². The minimum absolute atomic E-state index is 0.214. The Hall–Kier alpha value is -0.590. The molecule has 0 aromatic carbocycles. The van der Waals surface area contributed by atoms with Gasteiger partial charge in [0.15, 0.2) is 0 Å². The van der Waals surface area contributed by atoms with Crippen LogP contribution < -0.4 is 0 Å². The molecular formula is C14H23ClN2O3S. The number of rotatable bonds is 7. The lowest BCUT2D eigenvalue weighted by atomic mass is 10.1. The minimum atomic E-state index is -3.74. The molecule has 1 aromatic heterocycles. The van der Waals surface area contributed by atoms with Crippen LogP contribution in [-0.2, 0) is 33.2 Å². The van der Waals surface area contributed by atoms with Gasteiger partial charge < -0.3 is 4.74 Å². The highest BCUT2D eigenvalue weighted by molar-refractivity contribution is 8.13. The third kappa shape index (κ3) is 3.99. The van der Waals surface area contributed by atoms with E-state index in [0.717, 1.165) is 32.3 Å². The number of hydrogen-bond acceptors (Lipinski definition) is 4. The number of aryl methyl sites for hydroxylation is 2. The highest BCUT2D eigenvalue weighted by Gasteiger charge is 2.25. The van der Waals surface area contributed by atoms with Crippen molar-refractivity contribution in [3.05, 3.63) is 11.4 Å². The number of nitrogens with zero attached hydrogens (tertiary/aromatic N) is 2. The number of hydrogen-bond donors (Lipinski definition) is 0.